The highest BCUT2D eigenvalue weighted by atomic mass is 16.5. The van der Waals surface area contributed by atoms with Gasteiger partial charge in [0.15, 0.2) is 0 Å². The highest BCUT2D eigenvalue weighted by molar-refractivity contribution is 5.99. The first kappa shape index (κ1) is 13.8. The molecule has 0 bridgehead atoms. The number of hydrogen-bond acceptors (Lipinski definition) is 4. The minimum atomic E-state index is -0.268. The molecule has 0 aromatic carbocycles. The fraction of sp³-hybridized carbons (Fsp3) is 0.500. The van der Waals surface area contributed by atoms with Crippen LogP contribution in [0.5, 0.6) is 0 Å². The van der Waals surface area contributed by atoms with Gasteiger partial charge in [-0.3, -0.25) is 9.59 Å². The van der Waals surface area contributed by atoms with Gasteiger partial charge in [-0.2, -0.15) is 5.10 Å². The van der Waals surface area contributed by atoms with Gasteiger partial charge >= 0.3 is 0 Å². The number of rotatable bonds is 2. The van der Waals surface area contributed by atoms with E-state index in [0.717, 1.165) is 0 Å². The monoisotopic (exact) mass is 290 g/mol. The third-order valence-electron chi connectivity index (χ3n) is 3.71. The van der Waals surface area contributed by atoms with Crippen LogP contribution in [0.4, 0.5) is 0 Å². The Labute approximate surface area is 121 Å². The Morgan fingerprint density at radius 1 is 1.33 bits per heavy atom. The molecule has 3 aliphatic rings. The molecule has 1 saturated heterocycles. The van der Waals surface area contributed by atoms with Crippen molar-refractivity contribution in [1.29, 1.82) is 0 Å². The van der Waals surface area contributed by atoms with Gasteiger partial charge in [-0.05, 0) is 13.8 Å². The first-order valence-corrected chi connectivity index (χ1v) is 7.05. The average Bonchev–Trinajstić information content (AvgIpc) is 2.88. The zero-order chi connectivity index (χ0) is 15.0. The zero-order valence-electron chi connectivity index (χ0n) is 12.1. The Bertz CT molecular complexity index is 682. The standard InChI is InChI=1S/C14H18N4O3/c1-9(2)18-7-10-12(15-16-13(10)19)11(8-18)14(20)17-3-5-21-6-4-17/h7-9H,3-6H2,1-2H3,(H,16,19). The summed E-state index contributed by atoms with van der Waals surface area (Å²) < 4.78 is 7.14. The number of H-pyrrole nitrogens is 1. The van der Waals surface area contributed by atoms with Crippen LogP contribution in [0.15, 0.2) is 17.2 Å². The molecule has 0 saturated carbocycles. The number of aromatic nitrogens is 3. The lowest BCUT2D eigenvalue weighted by molar-refractivity contribution is 0.0302. The summed E-state index contributed by atoms with van der Waals surface area (Å²) >= 11 is 0. The molecular weight excluding hydrogens is 272 g/mol. The van der Waals surface area contributed by atoms with Gasteiger partial charge in [-0.25, -0.2) is 5.10 Å². The van der Waals surface area contributed by atoms with E-state index >= 15 is 0 Å². The lowest BCUT2D eigenvalue weighted by atomic mass is 10.1. The molecule has 0 unspecified atom stereocenters. The number of morpholine rings is 1. The molecular formula is C14H18N4O3. The van der Waals surface area contributed by atoms with Gasteiger partial charge in [0.05, 0.1) is 24.3 Å². The van der Waals surface area contributed by atoms with Crippen molar-refractivity contribution < 1.29 is 9.53 Å². The van der Waals surface area contributed by atoms with Gasteiger partial charge in [0, 0.05) is 31.5 Å². The summed E-state index contributed by atoms with van der Waals surface area (Å²) in [5.74, 6) is -0.107. The lowest BCUT2D eigenvalue weighted by Crippen LogP contribution is -2.41. The number of amides is 1. The summed E-state index contributed by atoms with van der Waals surface area (Å²) in [5.41, 5.74) is 1.08. The van der Waals surface area contributed by atoms with Crippen LogP contribution < -0.4 is 5.56 Å². The van der Waals surface area contributed by atoms with Crippen molar-refractivity contribution in [3.8, 4) is 11.3 Å². The number of carbonyl (C=O) groups excluding carboxylic acids is 1. The second-order valence-corrected chi connectivity index (χ2v) is 5.43. The van der Waals surface area contributed by atoms with Gasteiger partial charge in [0.1, 0.15) is 5.69 Å². The van der Waals surface area contributed by atoms with Crippen molar-refractivity contribution in [2.24, 2.45) is 0 Å². The Morgan fingerprint density at radius 3 is 2.71 bits per heavy atom. The summed E-state index contributed by atoms with van der Waals surface area (Å²) in [5, 5.41) is 6.43. The van der Waals surface area contributed by atoms with Crippen LogP contribution >= 0.6 is 0 Å². The molecule has 3 aliphatic heterocycles. The number of nitrogens with zero attached hydrogens (tertiary/aromatic N) is 3. The Morgan fingerprint density at radius 2 is 2.05 bits per heavy atom. The second kappa shape index (κ2) is 5.33. The van der Waals surface area contributed by atoms with Crippen LogP contribution in [0.25, 0.3) is 11.3 Å². The normalized spacial score (nSPS) is 15.9. The molecule has 0 radical (unpaired) electrons. The molecule has 0 atom stereocenters. The summed E-state index contributed by atoms with van der Waals surface area (Å²) in [6.07, 6.45) is 3.51. The first-order chi connectivity index (χ1) is 10.1. The van der Waals surface area contributed by atoms with Gasteiger partial charge in [0.25, 0.3) is 11.5 Å². The molecule has 112 valence electrons. The average molecular weight is 290 g/mol. The molecule has 0 aromatic heterocycles. The number of aromatic amines is 1. The van der Waals surface area contributed by atoms with Crippen molar-refractivity contribution in [3.05, 3.63) is 28.3 Å². The predicted octanol–water partition coefficient (Wildman–Crippen LogP) is 0.729. The van der Waals surface area contributed by atoms with E-state index in [2.05, 4.69) is 10.2 Å². The third-order valence-corrected chi connectivity index (χ3v) is 3.71. The van der Waals surface area contributed by atoms with E-state index in [1.807, 2.05) is 18.4 Å². The molecule has 0 spiro atoms. The SMILES string of the molecule is CC(C)n1cc(C(=O)N2CCOCC2)c2n[nH]c(=O)c-2c1. The molecule has 21 heavy (non-hydrogen) atoms. The smallest absolute Gasteiger partial charge is 0.275 e. The Hall–Kier alpha value is -2.15. The molecule has 7 nitrogen and oxygen atoms in total. The minimum absolute atomic E-state index is 0.107. The van der Waals surface area contributed by atoms with E-state index < -0.39 is 0 Å². The maximum atomic E-state index is 12.7. The highest BCUT2D eigenvalue weighted by Gasteiger charge is 2.26. The number of ether oxygens (including phenoxy) is 1. The highest BCUT2D eigenvalue weighted by Crippen LogP contribution is 2.23. The maximum Gasteiger partial charge on any atom is 0.275 e. The largest absolute Gasteiger partial charge is 0.378 e. The van der Waals surface area contributed by atoms with E-state index in [1.54, 1.807) is 17.3 Å². The summed E-state index contributed by atoms with van der Waals surface area (Å²) in [6.45, 7) is 6.20. The summed E-state index contributed by atoms with van der Waals surface area (Å²) in [4.78, 5) is 26.3. The van der Waals surface area contributed by atoms with Crippen LogP contribution in [0, 0.1) is 0 Å². The molecule has 3 rings (SSSR count). The van der Waals surface area contributed by atoms with Crippen LogP contribution in [-0.4, -0.2) is 51.9 Å². The Balaban J connectivity index is 2.07. The zero-order valence-corrected chi connectivity index (χ0v) is 12.1. The fourth-order valence-electron chi connectivity index (χ4n) is 2.45. The second-order valence-electron chi connectivity index (χ2n) is 5.43. The van der Waals surface area contributed by atoms with Crippen molar-refractivity contribution in [2.75, 3.05) is 26.3 Å². The fourth-order valence-corrected chi connectivity index (χ4v) is 2.45. The van der Waals surface area contributed by atoms with Gasteiger partial charge in [-0.1, -0.05) is 0 Å². The summed E-state index contributed by atoms with van der Waals surface area (Å²) in [6, 6.07) is 0.153. The number of hydrogen-bond donors (Lipinski definition) is 1. The van der Waals surface area contributed by atoms with E-state index in [1.165, 1.54) is 0 Å². The molecule has 7 heteroatoms. The van der Waals surface area contributed by atoms with Gasteiger partial charge in [0.2, 0.25) is 0 Å². The van der Waals surface area contributed by atoms with Crippen molar-refractivity contribution in [1.82, 2.24) is 19.7 Å². The quantitative estimate of drug-likeness (QED) is 0.884. The number of carbonyl (C=O) groups is 1. The molecule has 0 aromatic rings. The predicted molar refractivity (Wildman–Crippen MR) is 76.6 cm³/mol. The maximum absolute atomic E-state index is 12.7. The molecule has 1 N–H and O–H groups in total. The first-order valence-electron chi connectivity index (χ1n) is 7.05. The van der Waals surface area contributed by atoms with Crippen LogP contribution in [-0.2, 0) is 4.74 Å². The molecule has 3 heterocycles. The van der Waals surface area contributed by atoms with E-state index in [0.29, 0.717) is 43.1 Å². The minimum Gasteiger partial charge on any atom is -0.378 e. The number of fused-ring (bicyclic) bond motifs is 1. The lowest BCUT2D eigenvalue weighted by Gasteiger charge is -2.27. The van der Waals surface area contributed by atoms with Crippen LogP contribution in [0.3, 0.4) is 0 Å². The Kier molecular flexibility index (Phi) is 3.50. The van der Waals surface area contributed by atoms with Gasteiger partial charge < -0.3 is 14.2 Å². The van der Waals surface area contributed by atoms with Crippen molar-refractivity contribution in [2.45, 2.75) is 19.9 Å². The molecule has 0 aliphatic carbocycles. The summed E-state index contributed by atoms with van der Waals surface area (Å²) in [7, 11) is 0. The van der Waals surface area contributed by atoms with Crippen LogP contribution in [0.2, 0.25) is 0 Å². The number of nitrogens with one attached hydrogen (secondary N) is 1. The van der Waals surface area contributed by atoms with Crippen LogP contribution in [0.1, 0.15) is 30.2 Å². The van der Waals surface area contributed by atoms with Crippen molar-refractivity contribution >= 4 is 5.91 Å². The molecule has 1 fully saturated rings. The number of pyridine rings is 1. The van der Waals surface area contributed by atoms with Crippen molar-refractivity contribution in [3.63, 3.8) is 0 Å². The van der Waals surface area contributed by atoms with E-state index in [9.17, 15) is 9.59 Å². The van der Waals surface area contributed by atoms with E-state index in [-0.39, 0.29) is 17.5 Å². The van der Waals surface area contributed by atoms with E-state index in [4.69, 9.17) is 4.74 Å². The topological polar surface area (TPSA) is 80.2 Å². The molecule has 1 amide bonds. The third kappa shape index (κ3) is 2.44. The van der Waals surface area contributed by atoms with Gasteiger partial charge in [-0.15, -0.1) is 0 Å².